The molecule has 4 rings (SSSR count). The van der Waals surface area contributed by atoms with Crippen LogP contribution >= 0.6 is 11.6 Å². The first-order valence-corrected chi connectivity index (χ1v) is 9.40. The van der Waals surface area contributed by atoms with Crippen LogP contribution in [0.25, 0.3) is 10.9 Å². The van der Waals surface area contributed by atoms with Gasteiger partial charge in [-0.05, 0) is 48.5 Å². The van der Waals surface area contributed by atoms with Crippen molar-refractivity contribution < 1.29 is 9.53 Å². The number of ether oxygens (including phenoxy) is 1. The van der Waals surface area contributed by atoms with Crippen LogP contribution in [0.2, 0.25) is 5.02 Å². The third kappa shape index (κ3) is 4.31. The van der Waals surface area contributed by atoms with Crippen molar-refractivity contribution in [2.45, 2.75) is 6.61 Å². The molecule has 3 N–H and O–H groups in total. The van der Waals surface area contributed by atoms with E-state index >= 15 is 0 Å². The van der Waals surface area contributed by atoms with Crippen molar-refractivity contribution in [1.82, 2.24) is 4.98 Å². The van der Waals surface area contributed by atoms with Crippen molar-refractivity contribution >= 4 is 39.8 Å². The maximum Gasteiger partial charge on any atom is 0.256 e. The fraction of sp³-hybridized carbons (Fsp3) is 0.0435. The van der Waals surface area contributed by atoms with Gasteiger partial charge in [-0.2, -0.15) is 0 Å². The number of aromatic nitrogens is 1. The molecule has 1 amide bonds. The highest BCUT2D eigenvalue weighted by molar-refractivity contribution is 6.30. The van der Waals surface area contributed by atoms with Gasteiger partial charge in [-0.25, -0.2) is 0 Å². The largest absolute Gasteiger partial charge is 0.489 e. The van der Waals surface area contributed by atoms with Crippen LogP contribution < -0.4 is 15.8 Å². The van der Waals surface area contributed by atoms with Gasteiger partial charge >= 0.3 is 0 Å². The van der Waals surface area contributed by atoms with Crippen molar-refractivity contribution in [1.29, 1.82) is 0 Å². The van der Waals surface area contributed by atoms with E-state index in [0.717, 1.165) is 16.5 Å². The smallest absolute Gasteiger partial charge is 0.256 e. The van der Waals surface area contributed by atoms with Crippen LogP contribution in [-0.4, -0.2) is 10.9 Å². The van der Waals surface area contributed by atoms with Crippen LogP contribution in [-0.2, 0) is 6.61 Å². The molecule has 1 aromatic heterocycles. The van der Waals surface area contributed by atoms with E-state index in [-0.39, 0.29) is 12.5 Å². The molecule has 0 spiro atoms. The molecule has 144 valence electrons. The molecule has 6 heteroatoms. The summed E-state index contributed by atoms with van der Waals surface area (Å²) in [7, 11) is 0. The summed E-state index contributed by atoms with van der Waals surface area (Å²) in [5.74, 6) is 0.419. The molecule has 0 saturated carbocycles. The Morgan fingerprint density at radius 1 is 1.03 bits per heavy atom. The Balaban J connectivity index is 1.54. The average Bonchev–Trinajstić information content (AvgIpc) is 2.73. The number of anilines is 2. The molecule has 0 aliphatic rings. The Morgan fingerprint density at radius 2 is 1.90 bits per heavy atom. The molecule has 0 bridgehead atoms. The highest BCUT2D eigenvalue weighted by atomic mass is 35.5. The Morgan fingerprint density at radius 3 is 2.76 bits per heavy atom. The number of rotatable bonds is 5. The van der Waals surface area contributed by atoms with E-state index in [1.54, 1.807) is 36.5 Å². The normalized spacial score (nSPS) is 10.7. The number of fused-ring (bicyclic) bond motifs is 1. The van der Waals surface area contributed by atoms with Gasteiger partial charge in [0.1, 0.15) is 12.4 Å². The van der Waals surface area contributed by atoms with Crippen molar-refractivity contribution in [3.05, 3.63) is 95.1 Å². The molecule has 3 aromatic carbocycles. The second-order valence-electron chi connectivity index (χ2n) is 6.49. The third-order valence-corrected chi connectivity index (χ3v) is 4.72. The number of carbonyl (C=O) groups excluding carboxylic acids is 1. The Labute approximate surface area is 173 Å². The fourth-order valence-electron chi connectivity index (χ4n) is 3.03. The molecule has 1 heterocycles. The Hall–Kier alpha value is -3.57. The molecule has 5 nitrogen and oxygen atoms in total. The predicted octanol–water partition coefficient (Wildman–Crippen LogP) is 5.30. The summed E-state index contributed by atoms with van der Waals surface area (Å²) in [6, 6.07) is 21.7. The lowest BCUT2D eigenvalue weighted by atomic mass is 10.1. The number of carbonyl (C=O) groups is 1. The lowest BCUT2D eigenvalue weighted by Gasteiger charge is -2.12. The second-order valence-corrected chi connectivity index (χ2v) is 6.93. The van der Waals surface area contributed by atoms with Gasteiger partial charge in [-0.15, -0.1) is 0 Å². The number of nitrogens with two attached hydrogens (primary N) is 1. The van der Waals surface area contributed by atoms with Gasteiger partial charge in [-0.1, -0.05) is 35.9 Å². The van der Waals surface area contributed by atoms with E-state index in [0.29, 0.717) is 27.7 Å². The van der Waals surface area contributed by atoms with Crippen LogP contribution in [0.3, 0.4) is 0 Å². The Kier molecular flexibility index (Phi) is 5.31. The summed E-state index contributed by atoms with van der Waals surface area (Å²) >= 11 is 5.99. The summed E-state index contributed by atoms with van der Waals surface area (Å²) < 4.78 is 5.80. The molecule has 0 radical (unpaired) electrons. The summed E-state index contributed by atoms with van der Waals surface area (Å²) in [6.07, 6.45) is 1.66. The van der Waals surface area contributed by atoms with Gasteiger partial charge in [-0.3, -0.25) is 9.78 Å². The molecule has 0 fully saturated rings. The van der Waals surface area contributed by atoms with Crippen LogP contribution in [0, 0.1) is 0 Å². The van der Waals surface area contributed by atoms with Crippen LogP contribution in [0.15, 0.2) is 79.0 Å². The minimum Gasteiger partial charge on any atom is -0.489 e. The van der Waals surface area contributed by atoms with Gasteiger partial charge in [0, 0.05) is 39.1 Å². The number of nitrogens with zero attached hydrogens (tertiary/aromatic N) is 1. The highest BCUT2D eigenvalue weighted by Crippen LogP contribution is 2.24. The van der Waals surface area contributed by atoms with Gasteiger partial charge in [0.25, 0.3) is 5.91 Å². The van der Waals surface area contributed by atoms with E-state index in [2.05, 4.69) is 10.3 Å². The average molecular weight is 404 g/mol. The first kappa shape index (κ1) is 18.8. The first-order valence-electron chi connectivity index (χ1n) is 9.02. The molecular formula is C23H18ClN3O2. The molecule has 0 unspecified atom stereocenters. The second kappa shape index (κ2) is 8.20. The minimum absolute atomic E-state index is 0.225. The Bertz CT molecular complexity index is 1190. The molecule has 29 heavy (non-hydrogen) atoms. The van der Waals surface area contributed by atoms with Gasteiger partial charge < -0.3 is 15.8 Å². The maximum absolute atomic E-state index is 12.9. The number of benzene rings is 3. The van der Waals surface area contributed by atoms with Crippen molar-refractivity contribution in [2.75, 3.05) is 11.1 Å². The lowest BCUT2D eigenvalue weighted by molar-refractivity contribution is 0.102. The van der Waals surface area contributed by atoms with Crippen molar-refractivity contribution in [3.8, 4) is 5.75 Å². The maximum atomic E-state index is 12.9. The number of nitrogens with one attached hydrogen (secondary N) is 1. The SMILES string of the molecule is Nc1ccnc2ccc(NC(=O)c3ccccc3COc3cccc(Cl)c3)cc12. The third-order valence-electron chi connectivity index (χ3n) is 4.49. The molecular weight excluding hydrogens is 386 g/mol. The number of halogens is 1. The molecule has 0 aliphatic carbocycles. The van der Waals surface area contributed by atoms with E-state index < -0.39 is 0 Å². The number of amides is 1. The number of hydrogen-bond acceptors (Lipinski definition) is 4. The van der Waals surface area contributed by atoms with Crippen molar-refractivity contribution in [2.24, 2.45) is 0 Å². The standard InChI is InChI=1S/C23H18ClN3O2/c24-16-5-3-6-18(12-16)29-14-15-4-1-2-7-19(15)23(28)27-17-8-9-22-20(13-17)21(25)10-11-26-22/h1-13H,14H2,(H2,25,26)(H,27,28). The first-order chi connectivity index (χ1) is 14.1. The van der Waals surface area contributed by atoms with Gasteiger partial charge in [0.2, 0.25) is 0 Å². The molecule has 0 aliphatic heterocycles. The van der Waals surface area contributed by atoms with Crippen LogP contribution in [0.1, 0.15) is 15.9 Å². The van der Waals surface area contributed by atoms with Crippen molar-refractivity contribution in [3.63, 3.8) is 0 Å². The fourth-order valence-corrected chi connectivity index (χ4v) is 3.21. The van der Waals surface area contributed by atoms with Gasteiger partial charge in [0.05, 0.1) is 5.52 Å². The van der Waals surface area contributed by atoms with Crippen LogP contribution in [0.5, 0.6) is 5.75 Å². The van der Waals surface area contributed by atoms with E-state index in [9.17, 15) is 4.79 Å². The molecule has 0 saturated heterocycles. The number of pyridine rings is 1. The zero-order valence-corrected chi connectivity index (χ0v) is 16.2. The van der Waals surface area contributed by atoms with E-state index in [4.69, 9.17) is 22.1 Å². The van der Waals surface area contributed by atoms with E-state index in [1.165, 1.54) is 0 Å². The summed E-state index contributed by atoms with van der Waals surface area (Å²) in [5.41, 5.74) is 9.36. The minimum atomic E-state index is -0.225. The van der Waals surface area contributed by atoms with Crippen LogP contribution in [0.4, 0.5) is 11.4 Å². The molecule has 0 atom stereocenters. The summed E-state index contributed by atoms with van der Waals surface area (Å²) in [5, 5.41) is 4.32. The topological polar surface area (TPSA) is 77.2 Å². The number of nitrogen functional groups attached to an aromatic ring is 1. The predicted molar refractivity (Wildman–Crippen MR) is 116 cm³/mol. The quantitative estimate of drug-likeness (QED) is 0.474. The zero-order chi connectivity index (χ0) is 20.2. The monoisotopic (exact) mass is 403 g/mol. The zero-order valence-electron chi connectivity index (χ0n) is 15.4. The van der Waals surface area contributed by atoms with Gasteiger partial charge in [0.15, 0.2) is 0 Å². The lowest BCUT2D eigenvalue weighted by Crippen LogP contribution is -2.15. The summed E-state index contributed by atoms with van der Waals surface area (Å²) in [6.45, 7) is 0.249. The number of hydrogen-bond donors (Lipinski definition) is 2. The summed E-state index contributed by atoms with van der Waals surface area (Å²) in [4.78, 5) is 17.2. The highest BCUT2D eigenvalue weighted by Gasteiger charge is 2.12. The molecule has 4 aromatic rings. The van der Waals surface area contributed by atoms with E-state index in [1.807, 2.05) is 42.5 Å².